The van der Waals surface area contributed by atoms with Gasteiger partial charge in [0.25, 0.3) is 0 Å². The third-order valence-electron chi connectivity index (χ3n) is 5.30. The number of nitrogens with one attached hydrogen (secondary N) is 1. The predicted molar refractivity (Wildman–Crippen MR) is 133 cm³/mol. The fourth-order valence-electron chi connectivity index (χ4n) is 3.38. The van der Waals surface area contributed by atoms with Crippen LogP contribution >= 0.6 is 23.1 Å². The molecule has 0 aliphatic heterocycles. The summed E-state index contributed by atoms with van der Waals surface area (Å²) in [4.78, 5) is 13.8. The average molecular weight is 463 g/mol. The first-order valence-electron chi connectivity index (χ1n) is 10.6. The summed E-state index contributed by atoms with van der Waals surface area (Å²) in [6.45, 7) is 4.88. The van der Waals surface area contributed by atoms with Gasteiger partial charge in [-0.1, -0.05) is 54.2 Å². The standard InChI is InChI=1S/C25H26N4OS2/c1-18-10-11-21(15-19(18)2)26-24(30)17-32-25-28-27-23(16-22-9-6-14-31-22)29(25)13-12-20-7-4-3-5-8-20/h3-11,14-15H,12-13,16-17H2,1-2H3,(H,26,30). The van der Waals surface area contributed by atoms with Crippen molar-refractivity contribution in [2.45, 2.75) is 38.4 Å². The Morgan fingerprint density at radius 1 is 1.03 bits per heavy atom. The van der Waals surface area contributed by atoms with Crippen LogP contribution < -0.4 is 5.32 Å². The average Bonchev–Trinajstić information content (AvgIpc) is 3.44. The molecule has 0 bridgehead atoms. The molecular weight excluding hydrogens is 436 g/mol. The normalized spacial score (nSPS) is 10.9. The first-order chi connectivity index (χ1) is 15.6. The Morgan fingerprint density at radius 3 is 2.62 bits per heavy atom. The molecule has 4 rings (SSSR count). The van der Waals surface area contributed by atoms with Crippen LogP contribution in [0.2, 0.25) is 0 Å². The Morgan fingerprint density at radius 2 is 1.88 bits per heavy atom. The summed E-state index contributed by atoms with van der Waals surface area (Å²) in [5, 5.41) is 14.7. The summed E-state index contributed by atoms with van der Waals surface area (Å²) in [5.74, 6) is 1.17. The van der Waals surface area contributed by atoms with Gasteiger partial charge in [-0.3, -0.25) is 4.79 Å². The molecule has 0 spiro atoms. The number of anilines is 1. The van der Waals surface area contributed by atoms with E-state index in [1.165, 1.54) is 27.8 Å². The lowest BCUT2D eigenvalue weighted by atomic mass is 10.1. The van der Waals surface area contributed by atoms with Crippen LogP contribution in [0.25, 0.3) is 0 Å². The lowest BCUT2D eigenvalue weighted by molar-refractivity contribution is -0.113. The predicted octanol–water partition coefficient (Wildman–Crippen LogP) is 5.52. The van der Waals surface area contributed by atoms with E-state index in [0.29, 0.717) is 0 Å². The molecule has 4 aromatic rings. The van der Waals surface area contributed by atoms with Gasteiger partial charge < -0.3 is 9.88 Å². The molecule has 1 N–H and O–H groups in total. The second kappa shape index (κ2) is 10.6. The van der Waals surface area contributed by atoms with Crippen molar-refractivity contribution in [3.05, 3.63) is 93.4 Å². The zero-order valence-corrected chi connectivity index (χ0v) is 19.9. The van der Waals surface area contributed by atoms with E-state index >= 15 is 0 Å². The van der Waals surface area contributed by atoms with Gasteiger partial charge in [0.2, 0.25) is 5.91 Å². The lowest BCUT2D eigenvalue weighted by Crippen LogP contribution is -2.15. The van der Waals surface area contributed by atoms with Crippen LogP contribution in [-0.4, -0.2) is 26.4 Å². The van der Waals surface area contributed by atoms with Gasteiger partial charge in [0.1, 0.15) is 5.82 Å². The van der Waals surface area contributed by atoms with Gasteiger partial charge in [-0.05, 0) is 60.5 Å². The number of nitrogens with zero attached hydrogens (tertiary/aromatic N) is 3. The van der Waals surface area contributed by atoms with Crippen LogP contribution in [0.15, 0.2) is 71.2 Å². The number of carbonyl (C=O) groups excluding carboxylic acids is 1. The molecule has 32 heavy (non-hydrogen) atoms. The van der Waals surface area contributed by atoms with Gasteiger partial charge in [0.15, 0.2) is 5.16 Å². The van der Waals surface area contributed by atoms with E-state index in [4.69, 9.17) is 0 Å². The summed E-state index contributed by atoms with van der Waals surface area (Å²) in [5.41, 5.74) is 4.46. The Balaban J connectivity index is 1.44. The van der Waals surface area contributed by atoms with E-state index in [9.17, 15) is 4.79 Å². The molecular formula is C25H26N4OS2. The van der Waals surface area contributed by atoms with Gasteiger partial charge in [-0.2, -0.15) is 0 Å². The molecule has 2 aromatic carbocycles. The fraction of sp³-hybridized carbons (Fsp3) is 0.240. The Kier molecular flexibility index (Phi) is 7.39. The van der Waals surface area contributed by atoms with Gasteiger partial charge in [-0.15, -0.1) is 21.5 Å². The molecule has 7 heteroatoms. The number of aryl methyl sites for hydroxylation is 3. The fourth-order valence-corrected chi connectivity index (χ4v) is 4.87. The summed E-state index contributed by atoms with van der Waals surface area (Å²) >= 11 is 3.15. The molecule has 0 saturated carbocycles. The minimum atomic E-state index is -0.0457. The van der Waals surface area contributed by atoms with Gasteiger partial charge in [-0.25, -0.2) is 0 Å². The second-order valence-electron chi connectivity index (χ2n) is 7.68. The summed E-state index contributed by atoms with van der Waals surface area (Å²) < 4.78 is 2.15. The zero-order chi connectivity index (χ0) is 22.3. The van der Waals surface area contributed by atoms with Crippen molar-refractivity contribution in [3.8, 4) is 0 Å². The van der Waals surface area contributed by atoms with Crippen molar-refractivity contribution in [2.75, 3.05) is 11.1 Å². The first-order valence-corrected chi connectivity index (χ1v) is 12.4. The van der Waals surface area contributed by atoms with E-state index in [-0.39, 0.29) is 11.7 Å². The molecule has 1 amide bonds. The second-order valence-corrected chi connectivity index (χ2v) is 9.65. The highest BCUT2D eigenvalue weighted by atomic mass is 32.2. The number of amides is 1. The van der Waals surface area contributed by atoms with Crippen molar-refractivity contribution in [1.29, 1.82) is 0 Å². The Bertz CT molecular complexity index is 1170. The SMILES string of the molecule is Cc1ccc(NC(=O)CSc2nnc(Cc3cccs3)n2CCc2ccccc2)cc1C. The van der Waals surface area contributed by atoms with E-state index in [2.05, 4.69) is 68.8 Å². The van der Waals surface area contributed by atoms with Gasteiger partial charge >= 0.3 is 0 Å². The number of carbonyl (C=O) groups is 1. The van der Waals surface area contributed by atoms with Gasteiger partial charge in [0.05, 0.1) is 5.75 Å². The number of thiophene rings is 1. The number of aromatic nitrogens is 3. The van der Waals surface area contributed by atoms with E-state index in [1.54, 1.807) is 11.3 Å². The van der Waals surface area contributed by atoms with Crippen LogP contribution in [0.3, 0.4) is 0 Å². The lowest BCUT2D eigenvalue weighted by Gasteiger charge is -2.11. The van der Waals surface area contributed by atoms with Crippen LogP contribution in [0.4, 0.5) is 5.69 Å². The smallest absolute Gasteiger partial charge is 0.234 e. The quantitative estimate of drug-likeness (QED) is 0.333. The molecule has 0 atom stereocenters. The number of benzene rings is 2. The van der Waals surface area contributed by atoms with Crippen LogP contribution in [0, 0.1) is 13.8 Å². The molecule has 2 heterocycles. The summed E-state index contributed by atoms with van der Waals surface area (Å²) in [6, 6.07) is 20.5. The monoisotopic (exact) mass is 462 g/mol. The van der Waals surface area contributed by atoms with Crippen LogP contribution in [0.1, 0.15) is 27.4 Å². The van der Waals surface area contributed by atoms with E-state index in [1.807, 2.05) is 31.2 Å². The highest BCUT2D eigenvalue weighted by Crippen LogP contribution is 2.22. The molecule has 0 saturated heterocycles. The van der Waals surface area contributed by atoms with E-state index in [0.717, 1.165) is 41.6 Å². The Hall–Kier alpha value is -2.90. The maximum atomic E-state index is 12.5. The van der Waals surface area contributed by atoms with Crippen molar-refractivity contribution < 1.29 is 4.79 Å². The maximum Gasteiger partial charge on any atom is 0.234 e. The minimum absolute atomic E-state index is 0.0457. The highest BCUT2D eigenvalue weighted by molar-refractivity contribution is 7.99. The topological polar surface area (TPSA) is 59.8 Å². The molecule has 5 nitrogen and oxygen atoms in total. The van der Waals surface area contributed by atoms with Gasteiger partial charge in [0, 0.05) is 23.5 Å². The minimum Gasteiger partial charge on any atom is -0.325 e. The highest BCUT2D eigenvalue weighted by Gasteiger charge is 2.15. The molecule has 0 aliphatic carbocycles. The zero-order valence-electron chi connectivity index (χ0n) is 18.2. The third-order valence-corrected chi connectivity index (χ3v) is 7.14. The van der Waals surface area contributed by atoms with Crippen LogP contribution in [-0.2, 0) is 24.2 Å². The van der Waals surface area contributed by atoms with Crippen LogP contribution in [0.5, 0.6) is 0 Å². The number of thioether (sulfide) groups is 1. The molecule has 0 radical (unpaired) electrons. The first kappa shape index (κ1) is 22.3. The maximum absolute atomic E-state index is 12.5. The van der Waals surface area contributed by atoms with E-state index < -0.39 is 0 Å². The molecule has 164 valence electrons. The third kappa shape index (κ3) is 5.87. The number of hydrogen-bond donors (Lipinski definition) is 1. The van der Waals surface area contributed by atoms with Crippen molar-refractivity contribution in [3.63, 3.8) is 0 Å². The summed E-state index contributed by atoms with van der Waals surface area (Å²) in [7, 11) is 0. The molecule has 2 aromatic heterocycles. The molecule has 0 fully saturated rings. The number of rotatable bonds is 9. The molecule has 0 unspecified atom stereocenters. The molecule has 0 aliphatic rings. The largest absolute Gasteiger partial charge is 0.325 e. The summed E-state index contributed by atoms with van der Waals surface area (Å²) in [6.07, 6.45) is 1.63. The Labute approximate surface area is 196 Å². The number of hydrogen-bond acceptors (Lipinski definition) is 5. The van der Waals surface area contributed by atoms with Crippen molar-refractivity contribution in [1.82, 2.24) is 14.8 Å². The van der Waals surface area contributed by atoms with Crippen molar-refractivity contribution >= 4 is 34.7 Å². The van der Waals surface area contributed by atoms with Crippen molar-refractivity contribution in [2.24, 2.45) is 0 Å².